The van der Waals surface area contributed by atoms with Crippen LogP contribution in [0.5, 0.6) is 11.5 Å². The lowest BCUT2D eigenvalue weighted by molar-refractivity contribution is -0.119. The molecule has 0 aliphatic carbocycles. The van der Waals surface area contributed by atoms with Crippen molar-refractivity contribution >= 4 is 17.7 Å². The van der Waals surface area contributed by atoms with Crippen molar-refractivity contribution in [3.05, 3.63) is 52.6 Å². The van der Waals surface area contributed by atoms with E-state index in [1.807, 2.05) is 45.9 Å². The highest BCUT2D eigenvalue weighted by molar-refractivity contribution is 5.99. The van der Waals surface area contributed by atoms with Crippen LogP contribution in [0.15, 0.2) is 30.3 Å². The van der Waals surface area contributed by atoms with Crippen LogP contribution in [0.1, 0.15) is 42.5 Å². The highest BCUT2D eigenvalue weighted by atomic mass is 16.7. The highest BCUT2D eigenvalue weighted by Crippen LogP contribution is 2.36. The zero-order valence-electron chi connectivity index (χ0n) is 20.1. The minimum atomic E-state index is -0.722. The number of rotatable bonds is 7. The third kappa shape index (κ3) is 5.85. The van der Waals surface area contributed by atoms with Crippen molar-refractivity contribution in [2.24, 2.45) is 11.7 Å². The van der Waals surface area contributed by atoms with E-state index in [0.29, 0.717) is 31.1 Å². The molecule has 7 heteroatoms. The van der Waals surface area contributed by atoms with E-state index in [4.69, 9.17) is 19.9 Å². The van der Waals surface area contributed by atoms with Crippen LogP contribution in [0.3, 0.4) is 0 Å². The molecule has 1 heterocycles. The Morgan fingerprint density at radius 3 is 2.48 bits per heavy atom. The molecule has 178 valence electrons. The molecule has 1 aliphatic heterocycles. The minimum Gasteiger partial charge on any atom is -0.495 e. The van der Waals surface area contributed by atoms with Crippen molar-refractivity contribution in [1.29, 1.82) is 0 Å². The van der Waals surface area contributed by atoms with Gasteiger partial charge >= 0.3 is 6.16 Å². The predicted octanol–water partition coefficient (Wildman–Crippen LogP) is 4.33. The number of fused-ring (bicyclic) bond motifs is 1. The molecule has 1 aliphatic rings. The summed E-state index contributed by atoms with van der Waals surface area (Å²) >= 11 is 0. The number of para-hydroxylation sites is 1. The van der Waals surface area contributed by atoms with Gasteiger partial charge in [0.05, 0.1) is 25.4 Å². The van der Waals surface area contributed by atoms with Crippen LogP contribution in [0, 0.1) is 19.8 Å². The van der Waals surface area contributed by atoms with Crippen molar-refractivity contribution in [3.8, 4) is 11.5 Å². The molecule has 0 saturated heterocycles. The van der Waals surface area contributed by atoms with E-state index in [1.54, 1.807) is 24.1 Å². The van der Waals surface area contributed by atoms with Crippen LogP contribution in [0.25, 0.3) is 0 Å². The van der Waals surface area contributed by atoms with Crippen molar-refractivity contribution in [3.63, 3.8) is 0 Å². The van der Waals surface area contributed by atoms with Gasteiger partial charge in [0.25, 0.3) is 0 Å². The van der Waals surface area contributed by atoms with E-state index in [1.165, 1.54) is 0 Å². The third-order valence-corrected chi connectivity index (χ3v) is 5.81. The number of aryl methyl sites for hydroxylation is 3. The van der Waals surface area contributed by atoms with Gasteiger partial charge in [0.15, 0.2) is 0 Å². The molecule has 0 radical (unpaired) electrons. The zero-order valence-corrected chi connectivity index (χ0v) is 20.1. The van der Waals surface area contributed by atoms with E-state index in [-0.39, 0.29) is 11.8 Å². The Hall–Kier alpha value is -3.06. The summed E-state index contributed by atoms with van der Waals surface area (Å²) < 4.78 is 15.9. The largest absolute Gasteiger partial charge is 0.513 e. The molecule has 1 atom stereocenters. The predicted molar refractivity (Wildman–Crippen MR) is 128 cm³/mol. The number of nitrogens with two attached hydrogens (primary N) is 1. The molecular formula is C26H34N2O5. The summed E-state index contributed by atoms with van der Waals surface area (Å²) in [6, 6.07) is 8.68. The summed E-state index contributed by atoms with van der Waals surface area (Å²) in [6.07, 6.45) is 1.45. The Morgan fingerprint density at radius 2 is 1.85 bits per heavy atom. The summed E-state index contributed by atoms with van der Waals surface area (Å²) in [5, 5.41) is 0. The smallest absolute Gasteiger partial charge is 0.495 e. The molecule has 0 saturated carbocycles. The number of hydrogen-bond acceptors (Lipinski definition) is 6. The van der Waals surface area contributed by atoms with E-state index < -0.39 is 12.2 Å². The number of anilines is 1. The van der Waals surface area contributed by atoms with Gasteiger partial charge in [0.2, 0.25) is 5.91 Å². The van der Waals surface area contributed by atoms with Crippen LogP contribution < -0.4 is 20.1 Å². The van der Waals surface area contributed by atoms with E-state index in [9.17, 15) is 9.59 Å². The van der Waals surface area contributed by atoms with E-state index >= 15 is 0 Å². The monoisotopic (exact) mass is 454 g/mol. The summed E-state index contributed by atoms with van der Waals surface area (Å²) in [4.78, 5) is 27.0. The molecule has 0 spiro atoms. The first-order chi connectivity index (χ1) is 15.7. The Kier molecular flexibility index (Phi) is 7.97. The van der Waals surface area contributed by atoms with Crippen molar-refractivity contribution in [2.45, 2.75) is 53.0 Å². The summed E-state index contributed by atoms with van der Waals surface area (Å²) in [5.74, 6) is 1.20. The van der Waals surface area contributed by atoms with Crippen LogP contribution in [0.2, 0.25) is 0 Å². The van der Waals surface area contributed by atoms with Gasteiger partial charge in [-0.1, -0.05) is 26.0 Å². The van der Waals surface area contributed by atoms with Crippen molar-refractivity contribution < 1.29 is 23.8 Å². The third-order valence-electron chi connectivity index (χ3n) is 5.81. The van der Waals surface area contributed by atoms with Gasteiger partial charge in [-0.2, -0.15) is 0 Å². The summed E-state index contributed by atoms with van der Waals surface area (Å²) in [5.41, 5.74) is 11.1. The van der Waals surface area contributed by atoms with Gasteiger partial charge in [-0.15, -0.1) is 0 Å². The maximum Gasteiger partial charge on any atom is 0.513 e. The second kappa shape index (κ2) is 10.7. The SMILES string of the molecule is COc1cccc2c1N(C(=O)[C@H](N)Cc1c(C)cc(OC(=O)OCC(C)C)cc1C)CCC2. The molecule has 1 amide bonds. The van der Waals surface area contributed by atoms with Crippen molar-refractivity contribution in [1.82, 2.24) is 0 Å². The molecule has 2 N–H and O–H groups in total. The fourth-order valence-electron chi connectivity index (χ4n) is 4.20. The number of methoxy groups -OCH3 is 1. The molecule has 0 unspecified atom stereocenters. The lowest BCUT2D eigenvalue weighted by Gasteiger charge is -2.32. The maximum absolute atomic E-state index is 13.4. The average Bonchev–Trinajstić information content (AvgIpc) is 2.78. The zero-order chi connectivity index (χ0) is 24.1. The number of amides is 1. The maximum atomic E-state index is 13.4. The molecule has 2 aromatic rings. The normalized spacial score (nSPS) is 14.0. The molecule has 0 fully saturated rings. The molecule has 3 rings (SSSR count). The second-order valence-electron chi connectivity index (χ2n) is 8.96. The summed E-state index contributed by atoms with van der Waals surface area (Å²) in [7, 11) is 1.61. The number of carbonyl (C=O) groups is 2. The fourth-order valence-corrected chi connectivity index (χ4v) is 4.20. The lowest BCUT2D eigenvalue weighted by Crippen LogP contribution is -2.47. The summed E-state index contributed by atoms with van der Waals surface area (Å²) in [6.45, 7) is 8.68. The number of ether oxygens (including phenoxy) is 3. The Bertz CT molecular complexity index is 980. The average molecular weight is 455 g/mol. The number of benzene rings is 2. The van der Waals surface area contributed by atoms with E-state index in [2.05, 4.69) is 0 Å². The van der Waals surface area contributed by atoms with Gasteiger partial charge in [0, 0.05) is 6.54 Å². The minimum absolute atomic E-state index is 0.128. The Morgan fingerprint density at radius 1 is 1.15 bits per heavy atom. The molecule has 33 heavy (non-hydrogen) atoms. The first kappa shape index (κ1) is 24.6. The topological polar surface area (TPSA) is 91.1 Å². The van der Waals surface area contributed by atoms with Crippen LogP contribution in [-0.4, -0.2) is 38.4 Å². The molecule has 0 aromatic heterocycles. The van der Waals surface area contributed by atoms with Gasteiger partial charge in [-0.25, -0.2) is 4.79 Å². The van der Waals surface area contributed by atoms with Gasteiger partial charge in [-0.3, -0.25) is 4.79 Å². The Balaban J connectivity index is 1.74. The number of hydrogen-bond donors (Lipinski definition) is 1. The first-order valence-electron chi connectivity index (χ1n) is 11.4. The molecular weight excluding hydrogens is 420 g/mol. The Labute approximate surface area is 195 Å². The number of carbonyl (C=O) groups excluding carboxylic acids is 2. The quantitative estimate of drug-likeness (QED) is 0.495. The molecule has 7 nitrogen and oxygen atoms in total. The van der Waals surface area contributed by atoms with Gasteiger partial charge in [0.1, 0.15) is 11.5 Å². The van der Waals surface area contributed by atoms with Crippen LogP contribution >= 0.6 is 0 Å². The second-order valence-corrected chi connectivity index (χ2v) is 8.96. The highest BCUT2D eigenvalue weighted by Gasteiger charge is 2.30. The van der Waals surface area contributed by atoms with Crippen LogP contribution in [0.4, 0.5) is 10.5 Å². The van der Waals surface area contributed by atoms with Gasteiger partial charge < -0.3 is 24.8 Å². The molecule has 0 bridgehead atoms. The first-order valence-corrected chi connectivity index (χ1v) is 11.4. The van der Waals surface area contributed by atoms with E-state index in [0.717, 1.165) is 40.8 Å². The van der Waals surface area contributed by atoms with Gasteiger partial charge in [-0.05, 0) is 79.5 Å². The van der Waals surface area contributed by atoms with Crippen molar-refractivity contribution in [2.75, 3.05) is 25.2 Å². The number of nitrogens with zero attached hydrogens (tertiary/aromatic N) is 1. The van der Waals surface area contributed by atoms with Crippen LogP contribution in [-0.2, 0) is 22.4 Å². The molecule has 2 aromatic carbocycles. The standard InChI is InChI=1S/C26H34N2O5/c1-16(2)15-32-26(30)33-20-12-17(3)21(18(4)13-20)14-22(27)25(29)28-11-7-9-19-8-6-10-23(31-5)24(19)28/h6,8,10,12-13,16,22H,7,9,11,14-15,27H2,1-5H3/t22-/m1/s1. The lowest BCUT2D eigenvalue weighted by atomic mass is 9.94. The fraction of sp³-hybridized carbons (Fsp3) is 0.462.